The molecule has 0 unspecified atom stereocenters. The van der Waals surface area contributed by atoms with Crippen molar-refractivity contribution in [2.45, 2.75) is 13.8 Å². The van der Waals surface area contributed by atoms with E-state index >= 15 is 0 Å². The Morgan fingerprint density at radius 2 is 1.85 bits per heavy atom. The van der Waals surface area contributed by atoms with Gasteiger partial charge < -0.3 is 25.2 Å². The minimum atomic E-state index is -0.0907. The quantitative estimate of drug-likeness (QED) is 0.842. The molecule has 0 bridgehead atoms. The summed E-state index contributed by atoms with van der Waals surface area (Å²) in [6, 6.07) is 9.19. The number of carbonyl (C=O) groups excluding carboxylic acids is 1. The molecule has 2 amide bonds. The van der Waals surface area contributed by atoms with Gasteiger partial charge in [-0.2, -0.15) is 0 Å². The molecule has 1 fully saturated rings. The second-order valence-corrected chi connectivity index (χ2v) is 6.32. The van der Waals surface area contributed by atoms with Gasteiger partial charge in [-0.1, -0.05) is 0 Å². The minimum absolute atomic E-state index is 0.0907. The lowest BCUT2D eigenvalue weighted by atomic mass is 10.3. The second kappa shape index (κ2) is 8.57. The molecular formula is C19H26N6O2. The highest BCUT2D eigenvalue weighted by atomic mass is 16.5. The Hall–Kier alpha value is -3.03. The fraction of sp³-hybridized carbons (Fsp3) is 0.421. The van der Waals surface area contributed by atoms with Crippen molar-refractivity contribution in [3.05, 3.63) is 36.2 Å². The molecule has 2 aromatic rings. The summed E-state index contributed by atoms with van der Waals surface area (Å²) in [6.07, 6.45) is 0. The number of hydrogen-bond donors (Lipinski definition) is 2. The number of rotatable bonds is 5. The van der Waals surface area contributed by atoms with E-state index in [1.807, 2.05) is 49.1 Å². The zero-order valence-electron chi connectivity index (χ0n) is 16.0. The Balaban J connectivity index is 1.57. The van der Waals surface area contributed by atoms with Crippen LogP contribution < -0.4 is 20.3 Å². The zero-order chi connectivity index (χ0) is 19.2. The third-order valence-corrected chi connectivity index (χ3v) is 4.41. The van der Waals surface area contributed by atoms with Crippen molar-refractivity contribution in [1.82, 2.24) is 14.9 Å². The number of benzene rings is 1. The van der Waals surface area contributed by atoms with Crippen LogP contribution in [0.3, 0.4) is 0 Å². The number of piperazine rings is 1. The van der Waals surface area contributed by atoms with E-state index < -0.39 is 0 Å². The molecule has 27 heavy (non-hydrogen) atoms. The summed E-state index contributed by atoms with van der Waals surface area (Å²) in [5.41, 5.74) is 0.755. The number of ether oxygens (including phenoxy) is 1. The van der Waals surface area contributed by atoms with E-state index in [2.05, 4.69) is 25.5 Å². The van der Waals surface area contributed by atoms with Gasteiger partial charge in [0.2, 0.25) is 0 Å². The lowest BCUT2D eigenvalue weighted by molar-refractivity contribution is 0.208. The third-order valence-electron chi connectivity index (χ3n) is 4.41. The lowest BCUT2D eigenvalue weighted by Gasteiger charge is -2.35. The van der Waals surface area contributed by atoms with Crippen LogP contribution >= 0.6 is 0 Å². The number of anilines is 3. The Morgan fingerprint density at radius 3 is 2.48 bits per heavy atom. The van der Waals surface area contributed by atoms with E-state index in [1.165, 1.54) is 0 Å². The van der Waals surface area contributed by atoms with Crippen molar-refractivity contribution >= 4 is 23.4 Å². The molecule has 2 heterocycles. The van der Waals surface area contributed by atoms with Gasteiger partial charge in [0, 0.05) is 44.5 Å². The van der Waals surface area contributed by atoms with Gasteiger partial charge in [0.1, 0.15) is 23.2 Å². The second-order valence-electron chi connectivity index (χ2n) is 6.32. The number of hydrogen-bond acceptors (Lipinski definition) is 6. The molecular weight excluding hydrogens is 344 g/mol. The van der Waals surface area contributed by atoms with Gasteiger partial charge in [-0.15, -0.1) is 0 Å². The summed E-state index contributed by atoms with van der Waals surface area (Å²) < 4.78 is 5.13. The first-order valence-corrected chi connectivity index (χ1v) is 9.13. The van der Waals surface area contributed by atoms with Crippen LogP contribution in [-0.2, 0) is 0 Å². The first kappa shape index (κ1) is 18.8. The number of nitrogens with zero attached hydrogens (tertiary/aromatic N) is 4. The predicted octanol–water partition coefficient (Wildman–Crippen LogP) is 2.58. The Kier molecular flexibility index (Phi) is 5.95. The van der Waals surface area contributed by atoms with Crippen LogP contribution in [0.5, 0.6) is 5.75 Å². The molecule has 1 aromatic heterocycles. The van der Waals surface area contributed by atoms with Gasteiger partial charge in [0.25, 0.3) is 0 Å². The molecule has 0 saturated carbocycles. The maximum atomic E-state index is 12.5. The lowest BCUT2D eigenvalue weighted by Crippen LogP contribution is -2.50. The summed E-state index contributed by atoms with van der Waals surface area (Å²) in [4.78, 5) is 25.4. The van der Waals surface area contributed by atoms with Gasteiger partial charge in [-0.05, 0) is 38.1 Å². The highest BCUT2D eigenvalue weighted by Crippen LogP contribution is 2.19. The topological polar surface area (TPSA) is 82.6 Å². The molecule has 1 saturated heterocycles. The molecule has 0 radical (unpaired) electrons. The average Bonchev–Trinajstić information content (AvgIpc) is 2.68. The fourth-order valence-corrected chi connectivity index (χ4v) is 3.00. The largest absolute Gasteiger partial charge is 0.497 e. The third kappa shape index (κ3) is 4.78. The van der Waals surface area contributed by atoms with E-state index in [9.17, 15) is 4.79 Å². The fourth-order valence-electron chi connectivity index (χ4n) is 3.00. The highest BCUT2D eigenvalue weighted by Gasteiger charge is 2.22. The van der Waals surface area contributed by atoms with Crippen LogP contribution in [0.15, 0.2) is 30.3 Å². The monoisotopic (exact) mass is 370 g/mol. The van der Waals surface area contributed by atoms with Crippen LogP contribution in [0, 0.1) is 6.92 Å². The predicted molar refractivity (Wildman–Crippen MR) is 107 cm³/mol. The average molecular weight is 370 g/mol. The molecule has 8 heteroatoms. The van der Waals surface area contributed by atoms with E-state index in [-0.39, 0.29) is 6.03 Å². The zero-order valence-corrected chi connectivity index (χ0v) is 16.0. The SMILES string of the molecule is CCNc1cc(N2CCN(C(=O)Nc3ccc(OC)cc3)CC2)nc(C)n1. The summed E-state index contributed by atoms with van der Waals surface area (Å²) >= 11 is 0. The van der Waals surface area contributed by atoms with Gasteiger partial charge >= 0.3 is 6.03 Å². The molecule has 8 nitrogen and oxygen atoms in total. The van der Waals surface area contributed by atoms with Crippen molar-refractivity contribution in [1.29, 1.82) is 0 Å². The van der Waals surface area contributed by atoms with E-state index in [1.54, 1.807) is 7.11 Å². The summed E-state index contributed by atoms with van der Waals surface area (Å²) in [5, 5.41) is 6.16. The van der Waals surface area contributed by atoms with E-state index in [4.69, 9.17) is 4.74 Å². The van der Waals surface area contributed by atoms with Gasteiger partial charge in [-0.25, -0.2) is 14.8 Å². The number of urea groups is 1. The van der Waals surface area contributed by atoms with Crippen molar-refractivity contribution in [3.63, 3.8) is 0 Å². The van der Waals surface area contributed by atoms with Crippen LogP contribution in [0.25, 0.3) is 0 Å². The van der Waals surface area contributed by atoms with Crippen molar-refractivity contribution < 1.29 is 9.53 Å². The van der Waals surface area contributed by atoms with Crippen LogP contribution in [-0.4, -0.2) is 60.7 Å². The summed E-state index contributed by atoms with van der Waals surface area (Å²) in [7, 11) is 1.62. The number of aromatic nitrogens is 2. The summed E-state index contributed by atoms with van der Waals surface area (Å²) in [6.45, 7) is 7.49. The number of amides is 2. The molecule has 3 rings (SSSR count). The van der Waals surface area contributed by atoms with E-state index in [0.29, 0.717) is 13.1 Å². The number of carbonyl (C=O) groups is 1. The Morgan fingerprint density at radius 1 is 1.15 bits per heavy atom. The van der Waals surface area contributed by atoms with Gasteiger partial charge in [-0.3, -0.25) is 0 Å². The van der Waals surface area contributed by atoms with Gasteiger partial charge in [0.05, 0.1) is 7.11 Å². The van der Waals surface area contributed by atoms with Crippen molar-refractivity contribution in [2.75, 3.05) is 55.4 Å². The van der Waals surface area contributed by atoms with Crippen LogP contribution in [0.1, 0.15) is 12.7 Å². The van der Waals surface area contributed by atoms with Crippen LogP contribution in [0.2, 0.25) is 0 Å². The first-order chi connectivity index (χ1) is 13.1. The molecule has 1 aliphatic heterocycles. The van der Waals surface area contributed by atoms with Crippen molar-refractivity contribution in [2.24, 2.45) is 0 Å². The molecule has 1 aliphatic rings. The molecule has 0 atom stereocenters. The smallest absolute Gasteiger partial charge is 0.321 e. The number of aryl methyl sites for hydroxylation is 1. The maximum absolute atomic E-state index is 12.5. The first-order valence-electron chi connectivity index (χ1n) is 9.13. The van der Waals surface area contributed by atoms with Crippen molar-refractivity contribution in [3.8, 4) is 5.75 Å². The standard InChI is InChI=1S/C19H26N6O2/c1-4-20-17-13-18(22-14(2)21-17)24-9-11-25(12-10-24)19(26)23-15-5-7-16(27-3)8-6-15/h5-8,13H,4,9-12H2,1-3H3,(H,23,26)(H,20,21,22). The minimum Gasteiger partial charge on any atom is -0.497 e. The Labute approximate surface area is 159 Å². The summed E-state index contributed by atoms with van der Waals surface area (Å²) in [5.74, 6) is 3.23. The maximum Gasteiger partial charge on any atom is 0.321 e. The molecule has 144 valence electrons. The van der Waals surface area contributed by atoms with Gasteiger partial charge in [0.15, 0.2) is 0 Å². The normalized spacial score (nSPS) is 14.0. The van der Waals surface area contributed by atoms with Crippen LogP contribution in [0.4, 0.5) is 22.1 Å². The van der Waals surface area contributed by atoms with E-state index in [0.717, 1.165) is 48.5 Å². The Bertz CT molecular complexity index is 772. The molecule has 0 spiro atoms. The number of methoxy groups -OCH3 is 1. The number of nitrogens with one attached hydrogen (secondary N) is 2. The molecule has 0 aliphatic carbocycles. The highest BCUT2D eigenvalue weighted by molar-refractivity contribution is 5.89. The molecule has 2 N–H and O–H groups in total. The molecule has 1 aromatic carbocycles.